The van der Waals surface area contributed by atoms with E-state index in [0.29, 0.717) is 27.6 Å². The second-order valence-electron chi connectivity index (χ2n) is 4.50. The summed E-state index contributed by atoms with van der Waals surface area (Å²) >= 11 is 3.32. The zero-order valence-corrected chi connectivity index (χ0v) is 13.3. The van der Waals surface area contributed by atoms with Crippen LogP contribution in [0.3, 0.4) is 0 Å². The lowest BCUT2D eigenvalue weighted by molar-refractivity contribution is -0.385. The highest BCUT2D eigenvalue weighted by molar-refractivity contribution is 9.10. The van der Waals surface area contributed by atoms with Crippen LogP contribution in [0.25, 0.3) is 0 Å². The standard InChI is InChI=1S/C14H14BrN3O3/c1-3-4-13-16-12(15)8-14(17-13)21-10-5-6-11(18(19)20)9(2)7-10/h5-8H,3-4H2,1-2H3. The summed E-state index contributed by atoms with van der Waals surface area (Å²) in [5, 5.41) is 10.8. The van der Waals surface area contributed by atoms with Gasteiger partial charge in [0.15, 0.2) is 0 Å². The third-order valence-electron chi connectivity index (χ3n) is 2.78. The first-order valence-corrected chi connectivity index (χ1v) is 7.25. The van der Waals surface area contributed by atoms with Crippen molar-refractivity contribution in [3.63, 3.8) is 0 Å². The largest absolute Gasteiger partial charge is 0.439 e. The highest BCUT2D eigenvalue weighted by Crippen LogP contribution is 2.27. The topological polar surface area (TPSA) is 78.2 Å². The van der Waals surface area contributed by atoms with Crippen LogP contribution < -0.4 is 4.74 Å². The van der Waals surface area contributed by atoms with E-state index in [2.05, 4.69) is 25.9 Å². The fourth-order valence-electron chi connectivity index (χ4n) is 1.85. The first-order valence-electron chi connectivity index (χ1n) is 6.46. The molecule has 0 bridgehead atoms. The maximum Gasteiger partial charge on any atom is 0.272 e. The Balaban J connectivity index is 2.25. The molecular weight excluding hydrogens is 338 g/mol. The predicted octanol–water partition coefficient (Wildman–Crippen LogP) is 4.20. The molecule has 0 aliphatic carbocycles. The number of aromatic nitrogens is 2. The first-order chi connectivity index (χ1) is 9.99. The van der Waals surface area contributed by atoms with Crippen molar-refractivity contribution in [2.24, 2.45) is 0 Å². The highest BCUT2D eigenvalue weighted by atomic mass is 79.9. The second-order valence-corrected chi connectivity index (χ2v) is 5.32. The number of hydrogen-bond acceptors (Lipinski definition) is 5. The highest BCUT2D eigenvalue weighted by Gasteiger charge is 2.12. The van der Waals surface area contributed by atoms with Crippen LogP contribution in [0.15, 0.2) is 28.9 Å². The molecule has 1 aromatic heterocycles. The minimum atomic E-state index is -0.417. The van der Waals surface area contributed by atoms with Gasteiger partial charge in [-0.1, -0.05) is 6.92 Å². The summed E-state index contributed by atoms with van der Waals surface area (Å²) in [6, 6.07) is 6.26. The summed E-state index contributed by atoms with van der Waals surface area (Å²) in [5.74, 6) is 1.61. The number of aryl methyl sites for hydroxylation is 2. The van der Waals surface area contributed by atoms with Gasteiger partial charge in [-0.25, -0.2) is 4.98 Å². The Morgan fingerprint density at radius 1 is 1.33 bits per heavy atom. The maximum atomic E-state index is 10.8. The molecule has 1 aromatic carbocycles. The summed E-state index contributed by atoms with van der Waals surface area (Å²) in [5.41, 5.74) is 0.609. The van der Waals surface area contributed by atoms with Gasteiger partial charge in [0.05, 0.1) is 4.92 Å². The van der Waals surface area contributed by atoms with Gasteiger partial charge < -0.3 is 4.74 Å². The molecule has 0 unspecified atom stereocenters. The molecule has 0 amide bonds. The van der Waals surface area contributed by atoms with Gasteiger partial charge in [0.1, 0.15) is 16.2 Å². The molecule has 0 spiro atoms. The molecular formula is C14H14BrN3O3. The van der Waals surface area contributed by atoms with Gasteiger partial charge in [-0.2, -0.15) is 4.98 Å². The fraction of sp³-hybridized carbons (Fsp3) is 0.286. The number of halogens is 1. The molecule has 2 rings (SSSR count). The summed E-state index contributed by atoms with van der Waals surface area (Å²) in [6.45, 7) is 3.72. The second kappa shape index (κ2) is 6.62. The quantitative estimate of drug-likeness (QED) is 0.458. The minimum Gasteiger partial charge on any atom is -0.439 e. The molecule has 1 heterocycles. The molecule has 0 fully saturated rings. The Labute approximate surface area is 130 Å². The van der Waals surface area contributed by atoms with Crippen LogP contribution >= 0.6 is 15.9 Å². The number of hydrogen-bond donors (Lipinski definition) is 0. The van der Waals surface area contributed by atoms with E-state index in [0.717, 1.165) is 12.8 Å². The van der Waals surface area contributed by atoms with Gasteiger partial charge >= 0.3 is 0 Å². The van der Waals surface area contributed by atoms with Crippen molar-refractivity contribution in [2.45, 2.75) is 26.7 Å². The number of nitro groups is 1. The van der Waals surface area contributed by atoms with Gasteiger partial charge in [0.25, 0.3) is 5.69 Å². The molecule has 0 aliphatic heterocycles. The van der Waals surface area contributed by atoms with Crippen molar-refractivity contribution in [1.82, 2.24) is 9.97 Å². The van der Waals surface area contributed by atoms with E-state index in [1.54, 1.807) is 25.1 Å². The molecule has 0 radical (unpaired) electrons. The van der Waals surface area contributed by atoms with E-state index in [1.807, 2.05) is 6.92 Å². The van der Waals surface area contributed by atoms with Gasteiger partial charge in [0, 0.05) is 24.1 Å². The van der Waals surface area contributed by atoms with E-state index in [-0.39, 0.29) is 5.69 Å². The van der Waals surface area contributed by atoms with Crippen LogP contribution in [-0.4, -0.2) is 14.9 Å². The van der Waals surface area contributed by atoms with Crippen LogP contribution in [0.1, 0.15) is 24.7 Å². The first kappa shape index (κ1) is 15.4. The van der Waals surface area contributed by atoms with E-state index < -0.39 is 4.92 Å². The van der Waals surface area contributed by atoms with Crippen LogP contribution in [0.2, 0.25) is 0 Å². The summed E-state index contributed by atoms with van der Waals surface area (Å²) in [7, 11) is 0. The Morgan fingerprint density at radius 2 is 2.10 bits per heavy atom. The van der Waals surface area contributed by atoms with Gasteiger partial charge in [0.2, 0.25) is 5.88 Å². The van der Waals surface area contributed by atoms with E-state index in [9.17, 15) is 10.1 Å². The lowest BCUT2D eigenvalue weighted by Crippen LogP contribution is -1.98. The predicted molar refractivity (Wildman–Crippen MR) is 81.6 cm³/mol. The zero-order valence-electron chi connectivity index (χ0n) is 11.7. The third-order valence-corrected chi connectivity index (χ3v) is 3.18. The van der Waals surface area contributed by atoms with Gasteiger partial charge in [-0.3, -0.25) is 10.1 Å². The molecule has 7 heteroatoms. The van der Waals surface area contributed by atoms with Crippen LogP contribution in [0.5, 0.6) is 11.6 Å². The number of nitrogens with zero attached hydrogens (tertiary/aromatic N) is 3. The molecule has 0 saturated carbocycles. The van der Waals surface area contributed by atoms with Crippen molar-refractivity contribution >= 4 is 21.6 Å². The lowest BCUT2D eigenvalue weighted by Gasteiger charge is -2.07. The van der Waals surface area contributed by atoms with E-state index in [4.69, 9.17) is 4.74 Å². The summed E-state index contributed by atoms with van der Waals surface area (Å²) in [6.07, 6.45) is 1.70. The van der Waals surface area contributed by atoms with E-state index >= 15 is 0 Å². The third kappa shape index (κ3) is 3.98. The molecule has 0 atom stereocenters. The van der Waals surface area contributed by atoms with Crippen molar-refractivity contribution in [3.05, 3.63) is 50.4 Å². The van der Waals surface area contributed by atoms with Crippen molar-refractivity contribution < 1.29 is 9.66 Å². The molecule has 0 saturated heterocycles. The number of ether oxygens (including phenoxy) is 1. The van der Waals surface area contributed by atoms with E-state index in [1.165, 1.54) is 6.07 Å². The maximum absolute atomic E-state index is 10.8. The molecule has 110 valence electrons. The van der Waals surface area contributed by atoms with Crippen LogP contribution in [0, 0.1) is 17.0 Å². The number of rotatable bonds is 5. The van der Waals surface area contributed by atoms with Crippen LogP contribution in [-0.2, 0) is 6.42 Å². The van der Waals surface area contributed by atoms with Crippen molar-refractivity contribution in [3.8, 4) is 11.6 Å². The summed E-state index contributed by atoms with van der Waals surface area (Å²) in [4.78, 5) is 18.9. The molecule has 21 heavy (non-hydrogen) atoms. The fourth-order valence-corrected chi connectivity index (χ4v) is 2.25. The molecule has 6 nitrogen and oxygen atoms in total. The van der Waals surface area contributed by atoms with Crippen molar-refractivity contribution in [1.29, 1.82) is 0 Å². The normalized spacial score (nSPS) is 10.4. The lowest BCUT2D eigenvalue weighted by atomic mass is 10.2. The van der Waals surface area contributed by atoms with Gasteiger partial charge in [-0.15, -0.1) is 0 Å². The average molecular weight is 352 g/mol. The molecule has 2 aromatic rings. The number of nitro benzene ring substituents is 1. The van der Waals surface area contributed by atoms with Gasteiger partial charge in [-0.05, 0) is 41.4 Å². The zero-order chi connectivity index (χ0) is 15.4. The smallest absolute Gasteiger partial charge is 0.272 e. The SMILES string of the molecule is CCCc1nc(Br)cc(Oc2ccc([N+](=O)[O-])c(C)c2)n1. The summed E-state index contributed by atoms with van der Waals surface area (Å²) < 4.78 is 6.31. The van der Waals surface area contributed by atoms with Crippen LogP contribution in [0.4, 0.5) is 5.69 Å². The average Bonchev–Trinajstić information content (AvgIpc) is 2.37. The number of benzene rings is 1. The Morgan fingerprint density at radius 3 is 2.71 bits per heavy atom. The Kier molecular flexibility index (Phi) is 4.85. The monoisotopic (exact) mass is 351 g/mol. The van der Waals surface area contributed by atoms with Crippen molar-refractivity contribution in [2.75, 3.05) is 0 Å². The Bertz CT molecular complexity index is 677. The molecule has 0 aliphatic rings. The molecule has 0 N–H and O–H groups in total. The Hall–Kier alpha value is -2.02. The minimum absolute atomic E-state index is 0.0675.